The largest absolute Gasteiger partial charge is 0.445 e. The van der Waals surface area contributed by atoms with Gasteiger partial charge in [-0.15, -0.1) is 11.3 Å². The summed E-state index contributed by atoms with van der Waals surface area (Å²) in [5.74, 6) is -0.740. The van der Waals surface area contributed by atoms with Crippen molar-refractivity contribution in [3.63, 3.8) is 0 Å². The van der Waals surface area contributed by atoms with Crippen molar-refractivity contribution in [1.29, 1.82) is 0 Å². The summed E-state index contributed by atoms with van der Waals surface area (Å²) in [6.07, 6.45) is 0.673. The second kappa shape index (κ2) is 7.21. The summed E-state index contributed by atoms with van der Waals surface area (Å²) < 4.78 is 5.68. The Labute approximate surface area is 160 Å². The third-order valence-electron chi connectivity index (χ3n) is 4.36. The zero-order valence-electron chi connectivity index (χ0n) is 14.6. The Morgan fingerprint density at radius 1 is 0.963 bits per heavy atom. The van der Waals surface area contributed by atoms with Crippen LogP contribution in [-0.4, -0.2) is 16.7 Å². The fourth-order valence-electron chi connectivity index (χ4n) is 3.03. The number of fused-ring (bicyclic) bond motifs is 1. The number of Topliss-reactive ketones (excluding diaryl/α,β-unsaturated/α-hetero) is 1. The van der Waals surface area contributed by atoms with Gasteiger partial charge in [-0.1, -0.05) is 48.5 Å². The van der Waals surface area contributed by atoms with Gasteiger partial charge >= 0.3 is 5.97 Å². The van der Waals surface area contributed by atoms with E-state index in [1.807, 2.05) is 55.5 Å². The number of carbonyl (C=O) groups excluding carboxylic acids is 2. The number of hydrogen-bond donors (Lipinski definition) is 1. The van der Waals surface area contributed by atoms with Crippen LogP contribution in [-0.2, 0) is 4.74 Å². The molecular formula is C22H17NO3S. The minimum absolute atomic E-state index is 0.250. The zero-order chi connectivity index (χ0) is 18.8. The number of ether oxygens (including phenoxy) is 1. The van der Waals surface area contributed by atoms with E-state index in [1.165, 1.54) is 11.3 Å². The topological polar surface area (TPSA) is 59.2 Å². The highest BCUT2D eigenvalue weighted by Crippen LogP contribution is 2.29. The highest BCUT2D eigenvalue weighted by atomic mass is 32.1. The van der Waals surface area contributed by atoms with Crippen molar-refractivity contribution in [2.75, 3.05) is 0 Å². The van der Waals surface area contributed by atoms with Crippen LogP contribution in [0.15, 0.2) is 72.9 Å². The Bertz CT molecular complexity index is 1110. The Morgan fingerprint density at radius 2 is 1.70 bits per heavy atom. The third-order valence-corrected chi connectivity index (χ3v) is 5.34. The normalized spacial score (nSPS) is 12.0. The van der Waals surface area contributed by atoms with Gasteiger partial charge in [-0.3, -0.25) is 4.79 Å². The number of carbonyl (C=O) groups is 2. The highest BCUT2D eigenvalue weighted by molar-refractivity contribution is 7.13. The molecule has 0 amide bonds. The summed E-state index contributed by atoms with van der Waals surface area (Å²) in [6, 6.07) is 20.3. The van der Waals surface area contributed by atoms with E-state index in [1.54, 1.807) is 24.4 Å². The molecule has 1 atom stereocenters. The minimum Gasteiger partial charge on any atom is -0.445 e. The van der Waals surface area contributed by atoms with E-state index in [9.17, 15) is 9.59 Å². The van der Waals surface area contributed by atoms with Gasteiger partial charge in [0.1, 0.15) is 4.88 Å². The molecular weight excluding hydrogens is 358 g/mol. The maximum Gasteiger partial charge on any atom is 0.349 e. The Morgan fingerprint density at radius 3 is 2.44 bits per heavy atom. The van der Waals surface area contributed by atoms with E-state index >= 15 is 0 Å². The van der Waals surface area contributed by atoms with Gasteiger partial charge in [0.2, 0.25) is 5.78 Å². The monoisotopic (exact) mass is 375 g/mol. The molecule has 4 aromatic rings. The van der Waals surface area contributed by atoms with Gasteiger partial charge in [0, 0.05) is 33.1 Å². The van der Waals surface area contributed by atoms with Gasteiger partial charge in [0.25, 0.3) is 0 Å². The van der Waals surface area contributed by atoms with Crippen LogP contribution in [0.3, 0.4) is 0 Å². The second-order valence-corrected chi connectivity index (χ2v) is 7.51. The highest BCUT2D eigenvalue weighted by Gasteiger charge is 2.28. The number of para-hydroxylation sites is 1. The SMILES string of the molecule is Cc1ccc(C(=O)OC(C(=O)c2c[nH]c3ccccc23)c2ccccc2)s1. The molecule has 0 aliphatic heterocycles. The first-order valence-corrected chi connectivity index (χ1v) is 9.38. The number of rotatable bonds is 5. The molecule has 0 saturated carbocycles. The number of aromatic nitrogens is 1. The van der Waals surface area contributed by atoms with E-state index in [0.717, 1.165) is 15.8 Å². The molecule has 2 aromatic heterocycles. The fourth-order valence-corrected chi connectivity index (χ4v) is 3.78. The van der Waals surface area contributed by atoms with Crippen LogP contribution in [0.2, 0.25) is 0 Å². The number of thiophene rings is 1. The lowest BCUT2D eigenvalue weighted by Gasteiger charge is -2.16. The summed E-state index contributed by atoms with van der Waals surface area (Å²) in [5, 5.41) is 0.812. The lowest BCUT2D eigenvalue weighted by molar-refractivity contribution is 0.0285. The molecule has 4 rings (SSSR count). The van der Waals surface area contributed by atoms with Crippen molar-refractivity contribution >= 4 is 34.0 Å². The maximum atomic E-state index is 13.3. The van der Waals surface area contributed by atoms with Gasteiger partial charge in [-0.2, -0.15) is 0 Å². The Hall–Kier alpha value is -3.18. The number of esters is 1. The average Bonchev–Trinajstić information content (AvgIpc) is 3.32. The van der Waals surface area contributed by atoms with Crippen LogP contribution < -0.4 is 0 Å². The molecule has 0 aliphatic rings. The number of aromatic amines is 1. The molecule has 0 aliphatic carbocycles. The molecule has 5 heteroatoms. The van der Waals surface area contributed by atoms with E-state index in [2.05, 4.69) is 4.98 Å². The van der Waals surface area contributed by atoms with Crippen molar-refractivity contribution in [2.24, 2.45) is 0 Å². The molecule has 0 spiro atoms. The van der Waals surface area contributed by atoms with Crippen LogP contribution in [0.1, 0.15) is 36.6 Å². The van der Waals surface area contributed by atoms with Crippen LogP contribution >= 0.6 is 11.3 Å². The first-order valence-electron chi connectivity index (χ1n) is 8.56. The van der Waals surface area contributed by atoms with Crippen molar-refractivity contribution in [1.82, 2.24) is 4.98 Å². The lowest BCUT2D eigenvalue weighted by Crippen LogP contribution is -2.19. The summed E-state index contributed by atoms with van der Waals surface area (Å²) >= 11 is 1.35. The van der Waals surface area contributed by atoms with Gasteiger partial charge in [-0.25, -0.2) is 4.79 Å². The van der Waals surface area contributed by atoms with Crippen LogP contribution in [0.5, 0.6) is 0 Å². The Balaban J connectivity index is 1.72. The van der Waals surface area contributed by atoms with Gasteiger partial charge in [0.05, 0.1) is 0 Å². The summed E-state index contributed by atoms with van der Waals surface area (Å²) in [6.45, 7) is 1.92. The minimum atomic E-state index is -1.000. The third kappa shape index (κ3) is 3.41. The standard InChI is InChI=1S/C22H17NO3S/c1-14-11-12-19(27-14)22(25)26-21(15-7-3-2-4-8-15)20(24)17-13-23-18-10-6-5-9-16(17)18/h2-13,21,23H,1H3. The van der Waals surface area contributed by atoms with Crippen LogP contribution in [0.4, 0.5) is 0 Å². The van der Waals surface area contributed by atoms with E-state index in [0.29, 0.717) is 16.0 Å². The number of benzene rings is 2. The summed E-state index contributed by atoms with van der Waals surface area (Å²) in [7, 11) is 0. The van der Waals surface area contributed by atoms with E-state index in [-0.39, 0.29) is 5.78 Å². The maximum absolute atomic E-state index is 13.3. The molecule has 0 bridgehead atoms. The van der Waals surface area contributed by atoms with Gasteiger partial charge in [-0.05, 0) is 25.1 Å². The molecule has 27 heavy (non-hydrogen) atoms. The molecule has 4 nitrogen and oxygen atoms in total. The number of H-pyrrole nitrogens is 1. The summed E-state index contributed by atoms with van der Waals surface area (Å²) in [4.78, 5) is 30.5. The van der Waals surface area contributed by atoms with Gasteiger partial charge < -0.3 is 9.72 Å². The van der Waals surface area contributed by atoms with Crippen molar-refractivity contribution in [3.05, 3.63) is 93.8 Å². The predicted octanol–water partition coefficient (Wildman–Crippen LogP) is 5.32. The quantitative estimate of drug-likeness (QED) is 0.379. The molecule has 2 heterocycles. The van der Waals surface area contributed by atoms with Crippen molar-refractivity contribution < 1.29 is 14.3 Å². The first kappa shape index (κ1) is 17.2. The predicted molar refractivity (Wildman–Crippen MR) is 106 cm³/mol. The number of aryl methyl sites for hydroxylation is 1. The molecule has 0 saturated heterocycles. The Kier molecular flexibility index (Phi) is 4.60. The molecule has 2 aromatic carbocycles. The average molecular weight is 375 g/mol. The number of nitrogens with one attached hydrogen (secondary N) is 1. The lowest BCUT2D eigenvalue weighted by atomic mass is 9.99. The molecule has 134 valence electrons. The van der Waals surface area contributed by atoms with Crippen LogP contribution in [0, 0.1) is 6.92 Å². The molecule has 1 N–H and O–H groups in total. The molecule has 0 radical (unpaired) electrons. The number of hydrogen-bond acceptors (Lipinski definition) is 4. The first-order chi connectivity index (χ1) is 13.1. The zero-order valence-corrected chi connectivity index (χ0v) is 15.5. The van der Waals surface area contributed by atoms with Crippen LogP contribution in [0.25, 0.3) is 10.9 Å². The smallest absolute Gasteiger partial charge is 0.349 e. The van der Waals surface area contributed by atoms with E-state index in [4.69, 9.17) is 4.74 Å². The van der Waals surface area contributed by atoms with Crippen molar-refractivity contribution in [3.8, 4) is 0 Å². The molecule has 0 fully saturated rings. The van der Waals surface area contributed by atoms with Gasteiger partial charge in [0.15, 0.2) is 6.10 Å². The van der Waals surface area contributed by atoms with Crippen molar-refractivity contribution in [2.45, 2.75) is 13.0 Å². The fraction of sp³-hybridized carbons (Fsp3) is 0.0909. The second-order valence-electron chi connectivity index (χ2n) is 6.22. The number of ketones is 1. The van der Waals surface area contributed by atoms with E-state index < -0.39 is 12.1 Å². The summed E-state index contributed by atoms with van der Waals surface area (Å²) in [5.41, 5.74) is 2.02. The molecule has 1 unspecified atom stereocenters.